The Hall–Kier alpha value is -0.860. The number of unbranched alkanes of at least 4 members (excludes halogenated alkanes) is 6. The summed E-state index contributed by atoms with van der Waals surface area (Å²) in [5.74, 6) is 0. The lowest BCUT2D eigenvalue weighted by molar-refractivity contribution is -0.0432. The Balaban J connectivity index is 2.15. The molecule has 0 aliphatic carbocycles. The zero-order chi connectivity index (χ0) is 15.3. The fourth-order valence-corrected chi connectivity index (χ4v) is 2.54. The monoisotopic (exact) mass is 292 g/mol. The third-order valence-electron chi connectivity index (χ3n) is 3.94. The van der Waals surface area contributed by atoms with E-state index in [1.165, 1.54) is 44.1 Å². The van der Waals surface area contributed by atoms with Crippen molar-refractivity contribution in [2.75, 3.05) is 0 Å². The predicted molar refractivity (Wildman–Crippen MR) is 89.3 cm³/mol. The molecule has 0 spiro atoms. The van der Waals surface area contributed by atoms with Crippen LogP contribution in [0.2, 0.25) is 0 Å². The maximum absolute atomic E-state index is 9.84. The number of hydrogen-bond donors (Lipinski definition) is 1. The number of aliphatic hydroxyl groups is 1. The Kier molecular flexibility index (Phi) is 10.2. The molecule has 2 heteroatoms. The molecular weight excluding hydrogens is 260 g/mol. The zero-order valence-electron chi connectivity index (χ0n) is 13.8. The van der Waals surface area contributed by atoms with E-state index in [1.54, 1.807) is 0 Å². The highest BCUT2D eigenvalue weighted by atomic mass is 16.5. The highest BCUT2D eigenvalue weighted by Crippen LogP contribution is 2.15. The van der Waals surface area contributed by atoms with Crippen LogP contribution in [0.5, 0.6) is 0 Å². The van der Waals surface area contributed by atoms with Gasteiger partial charge in [0.25, 0.3) is 0 Å². The summed E-state index contributed by atoms with van der Waals surface area (Å²) in [5.41, 5.74) is 1.17. The van der Waals surface area contributed by atoms with Gasteiger partial charge in [-0.05, 0) is 18.9 Å². The fraction of sp³-hybridized carbons (Fsp3) is 0.684. The number of hydrogen-bond acceptors (Lipinski definition) is 2. The summed E-state index contributed by atoms with van der Waals surface area (Å²) in [7, 11) is 0. The number of rotatable bonds is 12. The fourth-order valence-electron chi connectivity index (χ4n) is 2.54. The van der Waals surface area contributed by atoms with Crippen molar-refractivity contribution in [3.05, 3.63) is 35.9 Å². The van der Waals surface area contributed by atoms with Crippen LogP contribution >= 0.6 is 0 Å². The second-order valence-corrected chi connectivity index (χ2v) is 5.99. The van der Waals surface area contributed by atoms with Gasteiger partial charge in [0.05, 0.1) is 18.8 Å². The molecule has 0 bridgehead atoms. The maximum Gasteiger partial charge on any atom is 0.0835 e. The zero-order valence-corrected chi connectivity index (χ0v) is 13.8. The van der Waals surface area contributed by atoms with E-state index in [1.807, 2.05) is 25.1 Å². The van der Waals surface area contributed by atoms with Crippen molar-refractivity contribution < 1.29 is 9.84 Å². The van der Waals surface area contributed by atoms with Crippen molar-refractivity contribution in [1.82, 2.24) is 0 Å². The molecule has 2 atom stereocenters. The quantitative estimate of drug-likeness (QED) is 0.543. The molecule has 21 heavy (non-hydrogen) atoms. The predicted octanol–water partition coefficient (Wildman–Crippen LogP) is 5.09. The number of benzene rings is 1. The van der Waals surface area contributed by atoms with Gasteiger partial charge in [0.1, 0.15) is 0 Å². The van der Waals surface area contributed by atoms with Crippen LogP contribution in [0.1, 0.15) is 70.8 Å². The minimum atomic E-state index is -0.395. The van der Waals surface area contributed by atoms with Crippen LogP contribution in [0.4, 0.5) is 0 Å². The highest BCUT2D eigenvalue weighted by molar-refractivity contribution is 5.13. The molecule has 0 fully saturated rings. The average Bonchev–Trinajstić information content (AvgIpc) is 2.50. The van der Waals surface area contributed by atoms with Gasteiger partial charge in [-0.25, -0.2) is 0 Å². The van der Waals surface area contributed by atoms with E-state index in [2.05, 4.69) is 19.1 Å². The molecule has 0 aliphatic heterocycles. The summed E-state index contributed by atoms with van der Waals surface area (Å²) in [5, 5.41) is 9.84. The molecule has 1 aromatic rings. The Bertz CT molecular complexity index is 335. The lowest BCUT2D eigenvalue weighted by Crippen LogP contribution is -2.26. The van der Waals surface area contributed by atoms with E-state index in [0.29, 0.717) is 6.61 Å². The van der Waals surface area contributed by atoms with Crippen LogP contribution in [0, 0.1) is 0 Å². The van der Waals surface area contributed by atoms with Crippen molar-refractivity contribution >= 4 is 0 Å². The third kappa shape index (κ3) is 8.90. The van der Waals surface area contributed by atoms with Crippen molar-refractivity contribution in [2.24, 2.45) is 0 Å². The molecule has 0 amide bonds. The lowest BCUT2D eigenvalue weighted by Gasteiger charge is -2.20. The summed E-state index contributed by atoms with van der Waals surface area (Å²) < 4.78 is 5.88. The van der Waals surface area contributed by atoms with Gasteiger partial charge >= 0.3 is 0 Å². The molecule has 0 unspecified atom stereocenters. The molecule has 0 radical (unpaired) electrons. The van der Waals surface area contributed by atoms with Crippen molar-refractivity contribution in [3.63, 3.8) is 0 Å². The third-order valence-corrected chi connectivity index (χ3v) is 3.94. The largest absolute Gasteiger partial charge is 0.391 e. The lowest BCUT2D eigenvalue weighted by atomic mass is 10.0. The molecule has 0 saturated carbocycles. The minimum Gasteiger partial charge on any atom is -0.391 e. The standard InChI is InChI=1S/C19H32O2/c1-3-4-5-6-7-8-12-15-19(17(2)20)21-16-18-13-10-9-11-14-18/h9-11,13-14,17,19-20H,3-8,12,15-16H2,1-2H3/t17-,19-/m0/s1. The van der Waals surface area contributed by atoms with Gasteiger partial charge in [0, 0.05) is 0 Å². The molecule has 0 aliphatic rings. The van der Waals surface area contributed by atoms with Gasteiger partial charge in [0.2, 0.25) is 0 Å². The SMILES string of the molecule is CCCCCCCCC[C@H](OCc1ccccc1)[C@H](C)O. The van der Waals surface area contributed by atoms with E-state index < -0.39 is 6.10 Å². The molecule has 0 aromatic heterocycles. The van der Waals surface area contributed by atoms with Gasteiger partial charge in [-0.2, -0.15) is 0 Å². The second-order valence-electron chi connectivity index (χ2n) is 5.99. The van der Waals surface area contributed by atoms with Gasteiger partial charge in [-0.3, -0.25) is 0 Å². The first-order chi connectivity index (χ1) is 10.2. The summed E-state index contributed by atoms with van der Waals surface area (Å²) in [6.07, 6.45) is 9.60. The van der Waals surface area contributed by atoms with E-state index >= 15 is 0 Å². The molecule has 1 aromatic carbocycles. The number of ether oxygens (including phenoxy) is 1. The van der Waals surface area contributed by atoms with Crippen LogP contribution < -0.4 is 0 Å². The van der Waals surface area contributed by atoms with Crippen LogP contribution in [0.3, 0.4) is 0 Å². The average molecular weight is 292 g/mol. The van der Waals surface area contributed by atoms with E-state index in [-0.39, 0.29) is 6.10 Å². The second kappa shape index (κ2) is 11.8. The van der Waals surface area contributed by atoms with Crippen molar-refractivity contribution in [1.29, 1.82) is 0 Å². The first kappa shape index (κ1) is 18.2. The smallest absolute Gasteiger partial charge is 0.0835 e. The normalized spacial score (nSPS) is 14.0. The molecule has 1 N–H and O–H groups in total. The van der Waals surface area contributed by atoms with Gasteiger partial charge < -0.3 is 9.84 Å². The summed E-state index contributed by atoms with van der Waals surface area (Å²) in [6.45, 7) is 4.67. The molecule has 0 heterocycles. The summed E-state index contributed by atoms with van der Waals surface area (Å²) >= 11 is 0. The molecule has 2 nitrogen and oxygen atoms in total. The first-order valence-corrected chi connectivity index (χ1v) is 8.57. The van der Waals surface area contributed by atoms with Crippen LogP contribution in [0.15, 0.2) is 30.3 Å². The first-order valence-electron chi connectivity index (χ1n) is 8.57. The van der Waals surface area contributed by atoms with E-state index in [0.717, 1.165) is 12.8 Å². The van der Waals surface area contributed by atoms with E-state index in [9.17, 15) is 5.11 Å². The molecule has 1 rings (SSSR count). The van der Waals surface area contributed by atoms with Crippen LogP contribution in [-0.4, -0.2) is 17.3 Å². The Morgan fingerprint density at radius 3 is 2.19 bits per heavy atom. The van der Waals surface area contributed by atoms with Crippen molar-refractivity contribution in [2.45, 2.75) is 84.0 Å². The van der Waals surface area contributed by atoms with Gasteiger partial charge in [-0.1, -0.05) is 82.2 Å². The summed E-state index contributed by atoms with van der Waals surface area (Å²) in [6, 6.07) is 10.2. The molecular formula is C19H32O2. The Morgan fingerprint density at radius 2 is 1.57 bits per heavy atom. The highest BCUT2D eigenvalue weighted by Gasteiger charge is 2.15. The maximum atomic E-state index is 9.84. The van der Waals surface area contributed by atoms with Gasteiger partial charge in [0.15, 0.2) is 0 Å². The van der Waals surface area contributed by atoms with E-state index in [4.69, 9.17) is 4.74 Å². The Labute approximate surface area is 130 Å². The van der Waals surface area contributed by atoms with Gasteiger partial charge in [-0.15, -0.1) is 0 Å². The summed E-state index contributed by atoms with van der Waals surface area (Å²) in [4.78, 5) is 0. The topological polar surface area (TPSA) is 29.5 Å². The number of aliphatic hydroxyl groups excluding tert-OH is 1. The molecule has 120 valence electrons. The minimum absolute atomic E-state index is 0.0409. The van der Waals surface area contributed by atoms with Crippen molar-refractivity contribution in [3.8, 4) is 0 Å². The van der Waals surface area contributed by atoms with Crippen LogP contribution in [0.25, 0.3) is 0 Å². The Morgan fingerprint density at radius 1 is 0.952 bits per heavy atom. The molecule has 0 saturated heterocycles. The van der Waals surface area contributed by atoms with Crippen LogP contribution in [-0.2, 0) is 11.3 Å².